The first-order valence-electron chi connectivity index (χ1n) is 4.88. The molecular formula is C9H18N2O2S. The fourth-order valence-electron chi connectivity index (χ4n) is 1.51. The molecule has 1 fully saturated rings. The van der Waals surface area contributed by atoms with Crippen molar-refractivity contribution in [2.75, 3.05) is 25.4 Å². The van der Waals surface area contributed by atoms with Gasteiger partial charge in [0.25, 0.3) is 0 Å². The standard InChI is InChI=1S/C9H18N2O2S/c1-3-4-7-14(12,13)11-6-5-10-9(2)8-11/h3,9-10H,1,4-8H2,2H3/t9-/m1/s1. The fraction of sp³-hybridized carbons (Fsp3) is 0.778. The molecule has 4 nitrogen and oxygen atoms in total. The lowest BCUT2D eigenvalue weighted by molar-refractivity contribution is 0.310. The Kier molecular flexibility index (Phi) is 4.10. The summed E-state index contributed by atoms with van der Waals surface area (Å²) in [5, 5.41) is 3.21. The minimum absolute atomic E-state index is 0.184. The molecule has 0 spiro atoms. The van der Waals surface area contributed by atoms with E-state index in [1.165, 1.54) is 0 Å². The maximum absolute atomic E-state index is 11.7. The van der Waals surface area contributed by atoms with Gasteiger partial charge in [0.05, 0.1) is 5.75 Å². The number of hydrogen-bond acceptors (Lipinski definition) is 3. The minimum Gasteiger partial charge on any atom is -0.312 e. The average Bonchev–Trinajstić information content (AvgIpc) is 2.15. The smallest absolute Gasteiger partial charge is 0.214 e. The van der Waals surface area contributed by atoms with Gasteiger partial charge in [-0.1, -0.05) is 6.08 Å². The summed E-state index contributed by atoms with van der Waals surface area (Å²) < 4.78 is 25.0. The van der Waals surface area contributed by atoms with Crippen molar-refractivity contribution in [3.63, 3.8) is 0 Å². The molecule has 0 radical (unpaired) electrons. The SMILES string of the molecule is C=CCCS(=O)(=O)N1CCN[C@H](C)C1. The van der Waals surface area contributed by atoms with Gasteiger partial charge in [-0.3, -0.25) is 0 Å². The van der Waals surface area contributed by atoms with Gasteiger partial charge in [0, 0.05) is 25.7 Å². The zero-order chi connectivity index (χ0) is 10.6. The van der Waals surface area contributed by atoms with Gasteiger partial charge in [-0.25, -0.2) is 8.42 Å². The Bertz CT molecular complexity index is 287. The largest absolute Gasteiger partial charge is 0.312 e. The van der Waals surface area contributed by atoms with Gasteiger partial charge in [0.2, 0.25) is 10.0 Å². The predicted octanol–water partition coefficient (Wildman–Crippen LogP) is 0.186. The Hall–Kier alpha value is -0.390. The molecule has 0 bridgehead atoms. The molecule has 1 rings (SSSR count). The van der Waals surface area contributed by atoms with E-state index >= 15 is 0 Å². The molecule has 0 aromatic rings. The van der Waals surface area contributed by atoms with Crippen LogP contribution in [0.4, 0.5) is 0 Å². The van der Waals surface area contributed by atoms with E-state index in [2.05, 4.69) is 11.9 Å². The zero-order valence-electron chi connectivity index (χ0n) is 8.57. The summed E-state index contributed by atoms with van der Waals surface area (Å²) in [5.74, 6) is 0.184. The molecule has 1 aliphatic heterocycles. The Morgan fingerprint density at radius 2 is 2.36 bits per heavy atom. The predicted molar refractivity (Wildman–Crippen MR) is 57.6 cm³/mol. The van der Waals surface area contributed by atoms with Crippen molar-refractivity contribution in [2.24, 2.45) is 0 Å². The van der Waals surface area contributed by atoms with Crippen molar-refractivity contribution in [3.8, 4) is 0 Å². The number of hydrogen-bond donors (Lipinski definition) is 1. The second-order valence-electron chi connectivity index (χ2n) is 3.61. The number of piperazine rings is 1. The van der Waals surface area contributed by atoms with Crippen LogP contribution in [-0.4, -0.2) is 44.2 Å². The molecule has 14 heavy (non-hydrogen) atoms. The van der Waals surface area contributed by atoms with Crippen LogP contribution < -0.4 is 5.32 Å². The van der Waals surface area contributed by atoms with Crippen molar-refractivity contribution in [2.45, 2.75) is 19.4 Å². The molecule has 1 heterocycles. The van der Waals surface area contributed by atoms with Crippen LogP contribution in [-0.2, 0) is 10.0 Å². The molecule has 1 aliphatic rings. The van der Waals surface area contributed by atoms with E-state index in [0.717, 1.165) is 6.54 Å². The molecule has 1 saturated heterocycles. The summed E-state index contributed by atoms with van der Waals surface area (Å²) in [5.41, 5.74) is 0. The molecular weight excluding hydrogens is 200 g/mol. The van der Waals surface area contributed by atoms with Crippen LogP contribution in [0.25, 0.3) is 0 Å². The normalized spacial score (nSPS) is 24.8. The Morgan fingerprint density at radius 1 is 1.64 bits per heavy atom. The molecule has 1 atom stereocenters. The number of nitrogens with one attached hydrogen (secondary N) is 1. The van der Waals surface area contributed by atoms with E-state index in [9.17, 15) is 8.42 Å². The third-order valence-electron chi connectivity index (χ3n) is 2.30. The zero-order valence-corrected chi connectivity index (χ0v) is 9.39. The highest BCUT2D eigenvalue weighted by molar-refractivity contribution is 7.89. The van der Waals surface area contributed by atoms with Gasteiger partial charge in [-0.05, 0) is 13.3 Å². The van der Waals surface area contributed by atoms with E-state index in [0.29, 0.717) is 19.5 Å². The lowest BCUT2D eigenvalue weighted by Crippen LogP contribution is -2.51. The van der Waals surface area contributed by atoms with E-state index in [1.54, 1.807) is 10.4 Å². The van der Waals surface area contributed by atoms with E-state index in [4.69, 9.17) is 0 Å². The van der Waals surface area contributed by atoms with E-state index < -0.39 is 10.0 Å². The van der Waals surface area contributed by atoms with Crippen LogP contribution in [0.15, 0.2) is 12.7 Å². The maximum Gasteiger partial charge on any atom is 0.214 e. The highest BCUT2D eigenvalue weighted by Gasteiger charge is 2.25. The first-order chi connectivity index (χ1) is 6.56. The van der Waals surface area contributed by atoms with Crippen molar-refractivity contribution >= 4 is 10.0 Å². The first kappa shape index (κ1) is 11.7. The summed E-state index contributed by atoms with van der Waals surface area (Å²) in [6, 6.07) is 0.252. The summed E-state index contributed by atoms with van der Waals surface area (Å²) in [6.45, 7) is 7.44. The van der Waals surface area contributed by atoms with Gasteiger partial charge in [-0.2, -0.15) is 4.31 Å². The van der Waals surface area contributed by atoms with Crippen LogP contribution in [0.2, 0.25) is 0 Å². The summed E-state index contributed by atoms with van der Waals surface area (Å²) in [6.07, 6.45) is 2.17. The number of nitrogens with zero attached hydrogens (tertiary/aromatic N) is 1. The number of sulfonamides is 1. The topological polar surface area (TPSA) is 49.4 Å². The second kappa shape index (κ2) is 4.91. The molecule has 0 unspecified atom stereocenters. The first-order valence-corrected chi connectivity index (χ1v) is 6.49. The van der Waals surface area contributed by atoms with Crippen LogP contribution >= 0.6 is 0 Å². The van der Waals surface area contributed by atoms with Crippen LogP contribution in [0.5, 0.6) is 0 Å². The Balaban J connectivity index is 2.57. The van der Waals surface area contributed by atoms with E-state index in [1.807, 2.05) is 6.92 Å². The van der Waals surface area contributed by atoms with Crippen molar-refractivity contribution < 1.29 is 8.42 Å². The average molecular weight is 218 g/mol. The van der Waals surface area contributed by atoms with Crippen LogP contribution in [0.1, 0.15) is 13.3 Å². The third kappa shape index (κ3) is 3.08. The van der Waals surface area contributed by atoms with Gasteiger partial charge in [-0.15, -0.1) is 6.58 Å². The molecule has 82 valence electrons. The molecule has 0 saturated carbocycles. The number of allylic oxidation sites excluding steroid dienone is 1. The summed E-state index contributed by atoms with van der Waals surface area (Å²) in [4.78, 5) is 0. The monoisotopic (exact) mass is 218 g/mol. The Labute approximate surface area is 86.0 Å². The minimum atomic E-state index is -3.06. The lowest BCUT2D eigenvalue weighted by Gasteiger charge is -2.30. The molecule has 0 aromatic carbocycles. The fourth-order valence-corrected chi connectivity index (χ4v) is 3.05. The van der Waals surface area contributed by atoms with Gasteiger partial charge in [0.15, 0.2) is 0 Å². The quantitative estimate of drug-likeness (QED) is 0.685. The summed E-state index contributed by atoms with van der Waals surface area (Å²) >= 11 is 0. The second-order valence-corrected chi connectivity index (χ2v) is 5.70. The van der Waals surface area contributed by atoms with Crippen LogP contribution in [0.3, 0.4) is 0 Å². The van der Waals surface area contributed by atoms with Crippen molar-refractivity contribution in [3.05, 3.63) is 12.7 Å². The maximum atomic E-state index is 11.7. The molecule has 0 aromatic heterocycles. The summed E-state index contributed by atoms with van der Waals surface area (Å²) in [7, 11) is -3.06. The van der Waals surface area contributed by atoms with Gasteiger partial charge >= 0.3 is 0 Å². The Morgan fingerprint density at radius 3 is 2.93 bits per heavy atom. The van der Waals surface area contributed by atoms with Crippen molar-refractivity contribution in [1.29, 1.82) is 0 Å². The highest BCUT2D eigenvalue weighted by atomic mass is 32.2. The number of rotatable bonds is 4. The third-order valence-corrected chi connectivity index (χ3v) is 4.17. The molecule has 0 amide bonds. The van der Waals surface area contributed by atoms with E-state index in [-0.39, 0.29) is 11.8 Å². The molecule has 5 heteroatoms. The lowest BCUT2D eigenvalue weighted by atomic mass is 10.3. The molecule has 1 N–H and O–H groups in total. The van der Waals surface area contributed by atoms with Gasteiger partial charge in [0.1, 0.15) is 0 Å². The van der Waals surface area contributed by atoms with Gasteiger partial charge < -0.3 is 5.32 Å². The van der Waals surface area contributed by atoms with Crippen molar-refractivity contribution in [1.82, 2.24) is 9.62 Å². The highest BCUT2D eigenvalue weighted by Crippen LogP contribution is 2.07. The van der Waals surface area contributed by atoms with Crippen LogP contribution in [0, 0.1) is 0 Å². The molecule has 0 aliphatic carbocycles.